The van der Waals surface area contributed by atoms with Gasteiger partial charge in [-0.2, -0.15) is 18.3 Å². The first-order valence-electron chi connectivity index (χ1n) is 11.1. The normalized spacial score (nSPS) is 15.2. The third-order valence-electron chi connectivity index (χ3n) is 5.45. The quantitative estimate of drug-likeness (QED) is 0.278. The molecular weight excluding hydrogens is 511 g/mol. The number of nitrogens with zero attached hydrogens (tertiary/aromatic N) is 4. The number of hydrogen-bond acceptors (Lipinski definition) is 7. The Morgan fingerprint density at radius 1 is 1.14 bits per heavy atom. The van der Waals surface area contributed by atoms with Crippen LogP contribution in [-0.2, 0) is 4.79 Å². The summed E-state index contributed by atoms with van der Waals surface area (Å²) in [7, 11) is 0. The molecule has 3 heterocycles. The lowest BCUT2D eigenvalue weighted by molar-refractivity contribution is -0.192. The number of benzene rings is 2. The Morgan fingerprint density at radius 2 is 1.84 bits per heavy atom. The Bertz CT molecular complexity index is 1390. The first-order valence-corrected chi connectivity index (χ1v) is 11.9. The molecule has 1 unspecified atom stereocenters. The minimum absolute atomic E-state index is 0.0379. The molecule has 1 fully saturated rings. The van der Waals surface area contributed by atoms with E-state index in [1.165, 1.54) is 11.3 Å². The average Bonchev–Trinajstić information content (AvgIpc) is 3.60. The van der Waals surface area contributed by atoms with Crippen LogP contribution in [0, 0.1) is 5.92 Å². The number of carbonyl (C=O) groups excluding carboxylic acids is 1. The van der Waals surface area contributed by atoms with Crippen LogP contribution < -0.4 is 10.6 Å². The topological polar surface area (TPSA) is 136 Å². The van der Waals surface area contributed by atoms with Crippen molar-refractivity contribution in [2.24, 2.45) is 5.92 Å². The highest BCUT2D eigenvalue weighted by atomic mass is 32.1. The number of alkyl halides is 3. The van der Waals surface area contributed by atoms with Crippen LogP contribution in [0.2, 0.25) is 0 Å². The monoisotopic (exact) mass is 533 g/mol. The number of urea groups is 1. The van der Waals surface area contributed by atoms with Crippen LogP contribution in [0.5, 0.6) is 0 Å². The smallest absolute Gasteiger partial charge is 0.475 e. The molecule has 0 aliphatic carbocycles. The van der Waals surface area contributed by atoms with Gasteiger partial charge in [-0.15, -0.1) is 10.2 Å². The van der Waals surface area contributed by atoms with Gasteiger partial charge < -0.3 is 20.6 Å². The van der Waals surface area contributed by atoms with E-state index in [1.807, 2.05) is 47.4 Å². The number of carboxylic acid groups (broad SMARTS) is 1. The van der Waals surface area contributed by atoms with Crippen LogP contribution in [0.4, 0.5) is 34.5 Å². The summed E-state index contributed by atoms with van der Waals surface area (Å²) in [5.74, 6) is -2.19. The van der Waals surface area contributed by atoms with E-state index >= 15 is 0 Å². The van der Waals surface area contributed by atoms with E-state index in [-0.39, 0.29) is 6.03 Å². The maximum Gasteiger partial charge on any atom is 0.490 e. The predicted molar refractivity (Wildman–Crippen MR) is 133 cm³/mol. The minimum atomic E-state index is -5.08. The fraction of sp³-hybridized carbons (Fsp3) is 0.261. The Morgan fingerprint density at radius 3 is 2.49 bits per heavy atom. The molecule has 194 valence electrons. The van der Waals surface area contributed by atoms with Crippen molar-refractivity contribution in [2.45, 2.75) is 19.5 Å². The molecule has 10 nitrogen and oxygen atoms in total. The van der Waals surface area contributed by atoms with Crippen molar-refractivity contribution in [1.29, 1.82) is 0 Å². The van der Waals surface area contributed by atoms with Crippen LogP contribution >= 0.6 is 11.3 Å². The second kappa shape index (κ2) is 10.8. The maximum atomic E-state index is 12.3. The summed E-state index contributed by atoms with van der Waals surface area (Å²) in [6.07, 6.45) is -2.23. The summed E-state index contributed by atoms with van der Waals surface area (Å²) in [5.41, 5.74) is 3.66. The average molecular weight is 534 g/mol. The number of aliphatic carboxylic acids is 1. The molecule has 4 N–H and O–H groups in total. The van der Waals surface area contributed by atoms with Crippen LogP contribution in [-0.4, -0.2) is 61.7 Å². The number of amides is 2. The fourth-order valence-corrected chi connectivity index (χ4v) is 4.32. The number of nitrogens with one attached hydrogen (secondary N) is 3. The first-order chi connectivity index (χ1) is 17.6. The molecule has 0 spiro atoms. The predicted octanol–water partition coefficient (Wildman–Crippen LogP) is 5.33. The lowest BCUT2D eigenvalue weighted by Crippen LogP contribution is -2.32. The molecule has 2 amide bonds. The number of likely N-dealkylation sites (tertiary alicyclic amines) is 1. The summed E-state index contributed by atoms with van der Waals surface area (Å²) >= 11 is 1.48. The van der Waals surface area contributed by atoms with E-state index in [4.69, 9.17) is 9.90 Å². The maximum absolute atomic E-state index is 12.3. The van der Waals surface area contributed by atoms with E-state index in [9.17, 15) is 18.0 Å². The fourth-order valence-electron chi connectivity index (χ4n) is 3.55. The molecule has 0 radical (unpaired) electrons. The summed E-state index contributed by atoms with van der Waals surface area (Å²) in [6, 6.07) is 13.6. The van der Waals surface area contributed by atoms with Gasteiger partial charge in [-0.3, -0.25) is 5.10 Å². The third-order valence-corrected chi connectivity index (χ3v) is 6.34. The molecule has 2 aromatic carbocycles. The van der Waals surface area contributed by atoms with Crippen molar-refractivity contribution < 1.29 is 27.9 Å². The number of fused-ring (bicyclic) bond motifs is 1. The summed E-state index contributed by atoms with van der Waals surface area (Å²) < 4.78 is 31.7. The Kier molecular flexibility index (Phi) is 7.57. The Labute approximate surface area is 212 Å². The van der Waals surface area contributed by atoms with Crippen molar-refractivity contribution in [3.05, 3.63) is 48.7 Å². The zero-order chi connectivity index (χ0) is 26.6. The number of carbonyl (C=O) groups is 2. The molecular formula is C23H22F3N7O3S. The highest BCUT2D eigenvalue weighted by Crippen LogP contribution is 2.30. The molecule has 1 aliphatic heterocycles. The molecule has 1 aliphatic rings. The van der Waals surface area contributed by atoms with E-state index < -0.39 is 12.1 Å². The van der Waals surface area contributed by atoms with Gasteiger partial charge in [0, 0.05) is 35.4 Å². The van der Waals surface area contributed by atoms with E-state index in [2.05, 4.69) is 38.0 Å². The Balaban J connectivity index is 0.000000405. The second-order valence-corrected chi connectivity index (χ2v) is 9.34. The number of halogens is 3. The highest BCUT2D eigenvalue weighted by molar-refractivity contribution is 7.18. The standard InChI is InChI=1S/C21H21N7OS.C2HF3O2/c1-13-8-9-28(12-13)21(29)24-16-4-2-14(3-5-16)19-26-27-20(30-19)23-17-6-7-18-15(10-17)11-22-25-18;3-2(4,5)1(6)7/h2-7,10-11,13H,8-9,12H2,1H3,(H,22,25)(H,23,27)(H,24,29);(H,6,7). The van der Waals surface area contributed by atoms with Crippen LogP contribution in [0.3, 0.4) is 0 Å². The van der Waals surface area contributed by atoms with Crippen molar-refractivity contribution in [3.63, 3.8) is 0 Å². The molecule has 14 heteroatoms. The number of carboxylic acids is 1. The number of rotatable bonds is 4. The van der Waals surface area contributed by atoms with Crippen LogP contribution in [0.25, 0.3) is 21.5 Å². The first kappa shape index (κ1) is 25.9. The SMILES string of the molecule is CC1CCN(C(=O)Nc2ccc(-c3nnc(Nc4ccc5[nH]ncc5c4)s3)cc2)C1.O=C(O)C(F)(F)F. The molecule has 4 aromatic rings. The largest absolute Gasteiger partial charge is 0.490 e. The molecule has 5 rings (SSSR count). The van der Waals surface area contributed by atoms with Crippen LogP contribution in [0.1, 0.15) is 13.3 Å². The molecule has 0 bridgehead atoms. The Hall–Kier alpha value is -4.20. The van der Waals surface area contributed by atoms with Gasteiger partial charge in [0.2, 0.25) is 5.13 Å². The van der Waals surface area contributed by atoms with Gasteiger partial charge in [0.25, 0.3) is 0 Å². The van der Waals surface area contributed by atoms with Crippen LogP contribution in [0.15, 0.2) is 48.7 Å². The van der Waals surface area contributed by atoms with Crippen molar-refractivity contribution >= 4 is 50.7 Å². The van der Waals surface area contributed by atoms with Crippen molar-refractivity contribution in [2.75, 3.05) is 23.7 Å². The zero-order valence-corrected chi connectivity index (χ0v) is 20.2. The zero-order valence-electron chi connectivity index (χ0n) is 19.4. The summed E-state index contributed by atoms with van der Waals surface area (Å²) in [6.45, 7) is 3.81. The van der Waals surface area contributed by atoms with E-state index in [1.54, 1.807) is 6.20 Å². The summed E-state index contributed by atoms with van der Waals surface area (Å²) in [5, 5.41) is 31.5. The second-order valence-electron chi connectivity index (χ2n) is 8.36. The lowest BCUT2D eigenvalue weighted by atomic mass is 10.2. The number of hydrogen-bond donors (Lipinski definition) is 4. The minimum Gasteiger partial charge on any atom is -0.475 e. The van der Waals surface area contributed by atoms with Gasteiger partial charge in [-0.05, 0) is 54.8 Å². The van der Waals surface area contributed by atoms with Crippen molar-refractivity contribution in [3.8, 4) is 10.6 Å². The van der Waals surface area contributed by atoms with Crippen molar-refractivity contribution in [1.82, 2.24) is 25.3 Å². The van der Waals surface area contributed by atoms with Gasteiger partial charge in [-0.25, -0.2) is 9.59 Å². The molecule has 1 atom stereocenters. The van der Waals surface area contributed by atoms with Gasteiger partial charge in [0.1, 0.15) is 5.01 Å². The summed E-state index contributed by atoms with van der Waals surface area (Å²) in [4.78, 5) is 23.1. The van der Waals surface area contributed by atoms with Gasteiger partial charge >= 0.3 is 18.2 Å². The highest BCUT2D eigenvalue weighted by Gasteiger charge is 2.38. The third kappa shape index (κ3) is 6.73. The number of H-pyrrole nitrogens is 1. The number of anilines is 3. The number of aromatic amines is 1. The number of aromatic nitrogens is 4. The van der Waals surface area contributed by atoms with E-state index in [0.717, 1.165) is 52.4 Å². The molecule has 1 saturated heterocycles. The molecule has 2 aromatic heterocycles. The molecule has 37 heavy (non-hydrogen) atoms. The van der Waals surface area contributed by atoms with E-state index in [0.29, 0.717) is 11.0 Å². The van der Waals surface area contributed by atoms with Gasteiger partial charge in [0.05, 0.1) is 11.7 Å². The van der Waals surface area contributed by atoms with Gasteiger partial charge in [0.15, 0.2) is 0 Å². The molecule has 0 saturated carbocycles. The lowest BCUT2D eigenvalue weighted by Gasteiger charge is -2.16. The van der Waals surface area contributed by atoms with Gasteiger partial charge in [-0.1, -0.05) is 18.3 Å².